The molecular formula is C19H20N2O3S. The van der Waals surface area contributed by atoms with Crippen LogP contribution in [0.3, 0.4) is 0 Å². The third kappa shape index (κ3) is 3.50. The summed E-state index contributed by atoms with van der Waals surface area (Å²) in [6.45, 7) is 5.19. The molecule has 0 radical (unpaired) electrons. The van der Waals surface area contributed by atoms with Gasteiger partial charge in [-0.3, -0.25) is 0 Å². The van der Waals surface area contributed by atoms with Gasteiger partial charge < -0.3 is 4.52 Å². The second kappa shape index (κ2) is 6.82. The summed E-state index contributed by atoms with van der Waals surface area (Å²) in [6.07, 6.45) is 0. The minimum absolute atomic E-state index is 0.0991. The van der Waals surface area contributed by atoms with Gasteiger partial charge in [-0.1, -0.05) is 59.8 Å². The fourth-order valence-electron chi connectivity index (χ4n) is 2.94. The maximum Gasteiger partial charge on any atom is 0.246 e. The molecule has 5 nitrogen and oxygen atoms in total. The van der Waals surface area contributed by atoms with Crippen LogP contribution in [0.1, 0.15) is 34.2 Å². The number of sulfonamides is 1. The maximum atomic E-state index is 13.0. The quantitative estimate of drug-likeness (QED) is 0.757. The molecule has 0 fully saturated rings. The molecule has 0 saturated heterocycles. The minimum Gasteiger partial charge on any atom is -0.360 e. The Bertz CT molecular complexity index is 959. The first-order valence-electron chi connectivity index (χ1n) is 7.96. The van der Waals surface area contributed by atoms with Gasteiger partial charge in [0, 0.05) is 0 Å². The van der Waals surface area contributed by atoms with Crippen LogP contribution in [0.5, 0.6) is 0 Å². The molecule has 0 bridgehead atoms. The molecule has 1 aromatic heterocycles. The topological polar surface area (TPSA) is 72.2 Å². The Morgan fingerprint density at radius 3 is 2.20 bits per heavy atom. The van der Waals surface area contributed by atoms with Crippen molar-refractivity contribution in [1.82, 2.24) is 9.88 Å². The van der Waals surface area contributed by atoms with Crippen LogP contribution in [0.25, 0.3) is 0 Å². The molecule has 1 N–H and O–H groups in total. The number of benzene rings is 2. The highest BCUT2D eigenvalue weighted by Crippen LogP contribution is 2.28. The molecule has 3 rings (SSSR count). The lowest BCUT2D eigenvalue weighted by Gasteiger charge is -2.21. The monoisotopic (exact) mass is 356 g/mol. The van der Waals surface area contributed by atoms with Crippen LogP contribution in [0.2, 0.25) is 0 Å². The Kier molecular flexibility index (Phi) is 4.74. The van der Waals surface area contributed by atoms with Gasteiger partial charge in [0.2, 0.25) is 10.0 Å². The lowest BCUT2D eigenvalue weighted by atomic mass is 9.96. The van der Waals surface area contributed by atoms with Crippen molar-refractivity contribution in [3.05, 3.63) is 82.7 Å². The van der Waals surface area contributed by atoms with Gasteiger partial charge in [0.05, 0.1) is 6.04 Å². The van der Waals surface area contributed by atoms with Gasteiger partial charge in [-0.15, -0.1) is 0 Å². The average Bonchev–Trinajstić information content (AvgIpc) is 2.94. The number of hydrogen-bond acceptors (Lipinski definition) is 4. The molecule has 1 atom stereocenters. The predicted octanol–water partition coefficient (Wildman–Crippen LogP) is 3.67. The molecule has 0 saturated carbocycles. The van der Waals surface area contributed by atoms with Crippen molar-refractivity contribution < 1.29 is 12.9 Å². The van der Waals surface area contributed by atoms with Crippen molar-refractivity contribution in [1.29, 1.82) is 0 Å². The first kappa shape index (κ1) is 17.4. The second-order valence-corrected chi connectivity index (χ2v) is 7.63. The summed E-state index contributed by atoms with van der Waals surface area (Å²) in [7, 11) is -3.80. The van der Waals surface area contributed by atoms with Crippen LogP contribution in [0.4, 0.5) is 0 Å². The third-order valence-corrected chi connectivity index (χ3v) is 5.81. The zero-order valence-electron chi connectivity index (χ0n) is 14.4. The fourth-order valence-corrected chi connectivity index (χ4v) is 4.47. The van der Waals surface area contributed by atoms with Gasteiger partial charge >= 0.3 is 0 Å². The molecule has 1 unspecified atom stereocenters. The molecule has 0 amide bonds. The summed E-state index contributed by atoms with van der Waals surface area (Å²) in [4.78, 5) is 0.0991. The fraction of sp³-hybridized carbons (Fsp3) is 0.211. The van der Waals surface area contributed by atoms with Crippen molar-refractivity contribution in [2.45, 2.75) is 31.7 Å². The van der Waals surface area contributed by atoms with Crippen LogP contribution in [0, 0.1) is 20.8 Å². The maximum absolute atomic E-state index is 13.0. The Morgan fingerprint density at radius 1 is 0.960 bits per heavy atom. The Balaban J connectivity index is 2.09. The lowest BCUT2D eigenvalue weighted by Crippen LogP contribution is -2.30. The Labute approximate surface area is 147 Å². The lowest BCUT2D eigenvalue weighted by molar-refractivity contribution is 0.390. The van der Waals surface area contributed by atoms with E-state index in [9.17, 15) is 8.42 Å². The third-order valence-electron chi connectivity index (χ3n) is 4.14. The van der Waals surface area contributed by atoms with Crippen LogP contribution in [-0.4, -0.2) is 13.6 Å². The molecule has 0 aliphatic carbocycles. The largest absolute Gasteiger partial charge is 0.360 e. The van der Waals surface area contributed by atoms with Gasteiger partial charge in [-0.25, -0.2) is 8.42 Å². The van der Waals surface area contributed by atoms with E-state index in [4.69, 9.17) is 4.52 Å². The molecule has 25 heavy (non-hydrogen) atoms. The van der Waals surface area contributed by atoms with E-state index in [-0.39, 0.29) is 10.7 Å². The summed E-state index contributed by atoms with van der Waals surface area (Å²) in [5, 5.41) is 3.76. The Morgan fingerprint density at radius 2 is 1.60 bits per heavy atom. The van der Waals surface area contributed by atoms with Crippen LogP contribution in [0.15, 0.2) is 64.0 Å². The van der Waals surface area contributed by atoms with Crippen molar-refractivity contribution in [2.24, 2.45) is 0 Å². The molecule has 6 heteroatoms. The van der Waals surface area contributed by atoms with E-state index in [2.05, 4.69) is 9.88 Å². The number of rotatable bonds is 5. The molecule has 2 aromatic carbocycles. The predicted molar refractivity (Wildman–Crippen MR) is 95.8 cm³/mol. The first-order valence-corrected chi connectivity index (χ1v) is 9.44. The number of aromatic nitrogens is 1. The van der Waals surface area contributed by atoms with Gasteiger partial charge in [0.15, 0.2) is 5.76 Å². The van der Waals surface area contributed by atoms with Gasteiger partial charge in [-0.05, 0) is 37.5 Å². The molecular weight excluding hydrogens is 336 g/mol. The first-order chi connectivity index (χ1) is 11.9. The molecule has 0 spiro atoms. The van der Waals surface area contributed by atoms with Crippen LogP contribution < -0.4 is 4.72 Å². The Hall–Kier alpha value is -2.44. The smallest absolute Gasteiger partial charge is 0.246 e. The van der Waals surface area contributed by atoms with Crippen LogP contribution in [-0.2, 0) is 10.0 Å². The SMILES string of the molecule is Cc1ccccc1C(NS(=O)(=O)c1c(C)noc1C)c1ccccc1. The van der Waals surface area contributed by atoms with Crippen molar-refractivity contribution >= 4 is 10.0 Å². The summed E-state index contributed by atoms with van der Waals surface area (Å²) in [5.74, 6) is 0.279. The molecule has 130 valence electrons. The minimum atomic E-state index is -3.80. The van der Waals surface area contributed by atoms with Gasteiger partial charge in [0.1, 0.15) is 10.6 Å². The standard InChI is InChI=1S/C19H20N2O3S/c1-13-9-7-8-12-17(13)18(16-10-5-4-6-11-16)21-25(22,23)19-14(2)20-24-15(19)3/h4-12,18,21H,1-3H3. The summed E-state index contributed by atoms with van der Waals surface area (Å²) in [5.41, 5.74) is 3.13. The van der Waals surface area contributed by atoms with E-state index in [1.54, 1.807) is 13.8 Å². The highest BCUT2D eigenvalue weighted by molar-refractivity contribution is 7.89. The van der Waals surface area contributed by atoms with E-state index < -0.39 is 16.1 Å². The number of nitrogens with zero attached hydrogens (tertiary/aromatic N) is 1. The van der Waals surface area contributed by atoms with Crippen molar-refractivity contribution in [3.63, 3.8) is 0 Å². The second-order valence-electron chi connectivity index (χ2n) is 5.97. The molecule has 0 aliphatic rings. The van der Waals surface area contributed by atoms with Gasteiger partial charge in [0.25, 0.3) is 0 Å². The number of nitrogens with one attached hydrogen (secondary N) is 1. The number of aryl methyl sites for hydroxylation is 3. The summed E-state index contributed by atoms with van der Waals surface area (Å²) < 4.78 is 33.8. The summed E-state index contributed by atoms with van der Waals surface area (Å²) >= 11 is 0. The van der Waals surface area contributed by atoms with Crippen molar-refractivity contribution in [2.75, 3.05) is 0 Å². The zero-order valence-corrected chi connectivity index (χ0v) is 15.2. The van der Waals surface area contributed by atoms with E-state index in [1.165, 1.54) is 0 Å². The average molecular weight is 356 g/mol. The molecule has 3 aromatic rings. The summed E-state index contributed by atoms with van der Waals surface area (Å²) in [6, 6.07) is 16.8. The molecule has 0 aliphatic heterocycles. The zero-order chi connectivity index (χ0) is 18.0. The van der Waals surface area contributed by atoms with E-state index >= 15 is 0 Å². The molecule has 1 heterocycles. The van der Waals surface area contributed by atoms with Gasteiger partial charge in [-0.2, -0.15) is 4.72 Å². The highest BCUT2D eigenvalue weighted by atomic mass is 32.2. The van der Waals surface area contributed by atoms with E-state index in [0.717, 1.165) is 16.7 Å². The van der Waals surface area contributed by atoms with Crippen LogP contribution >= 0.6 is 0 Å². The van der Waals surface area contributed by atoms with Crippen molar-refractivity contribution in [3.8, 4) is 0 Å². The van der Waals surface area contributed by atoms with E-state index in [1.807, 2.05) is 61.5 Å². The van der Waals surface area contributed by atoms with E-state index in [0.29, 0.717) is 5.69 Å². The normalized spacial score (nSPS) is 12.9. The number of hydrogen-bond donors (Lipinski definition) is 1. The highest BCUT2D eigenvalue weighted by Gasteiger charge is 2.29.